The number of benzene rings is 1. The molecular formula is C14H20ClNO. The number of aliphatic hydroxyl groups is 1. The lowest BCUT2D eigenvalue weighted by molar-refractivity contribution is 0.0218. The van der Waals surface area contributed by atoms with Crippen molar-refractivity contribution >= 4 is 11.6 Å². The second-order valence-electron chi connectivity index (χ2n) is 5.15. The van der Waals surface area contributed by atoms with Gasteiger partial charge in [0.15, 0.2) is 0 Å². The van der Waals surface area contributed by atoms with Gasteiger partial charge in [0.1, 0.15) is 0 Å². The monoisotopic (exact) mass is 253 g/mol. The van der Waals surface area contributed by atoms with Crippen LogP contribution in [0.3, 0.4) is 0 Å². The van der Waals surface area contributed by atoms with E-state index in [1.54, 1.807) is 0 Å². The third-order valence-corrected chi connectivity index (χ3v) is 4.15. The van der Waals surface area contributed by atoms with Crippen molar-refractivity contribution in [2.24, 2.45) is 0 Å². The third kappa shape index (κ3) is 2.82. The Kier molecular flexibility index (Phi) is 3.76. The molecule has 1 N–H and O–H groups in total. The van der Waals surface area contributed by atoms with Crippen molar-refractivity contribution in [1.82, 2.24) is 4.90 Å². The van der Waals surface area contributed by atoms with E-state index in [1.165, 1.54) is 0 Å². The van der Waals surface area contributed by atoms with Gasteiger partial charge in [-0.2, -0.15) is 0 Å². The lowest BCUT2D eigenvalue weighted by Crippen LogP contribution is -2.27. The number of rotatable bonds is 1. The van der Waals surface area contributed by atoms with Crippen molar-refractivity contribution in [1.29, 1.82) is 0 Å². The van der Waals surface area contributed by atoms with E-state index in [0.717, 1.165) is 48.5 Å². The average molecular weight is 254 g/mol. The number of hydrogen-bond acceptors (Lipinski definition) is 2. The van der Waals surface area contributed by atoms with Gasteiger partial charge in [-0.25, -0.2) is 0 Å². The summed E-state index contributed by atoms with van der Waals surface area (Å²) in [5, 5.41) is 11.5. The highest BCUT2D eigenvalue weighted by Gasteiger charge is 2.31. The quantitative estimate of drug-likeness (QED) is 0.832. The Balaban J connectivity index is 2.27. The standard InChI is InChI=1S/C14H20ClNO/c1-11-4-5-12(10-13(11)15)14(17)6-3-8-16(2)9-7-14/h4-5,10,17H,3,6-9H2,1-2H3. The fourth-order valence-corrected chi connectivity index (χ4v) is 2.61. The van der Waals surface area contributed by atoms with Crippen LogP contribution < -0.4 is 0 Å². The molecule has 2 rings (SSSR count). The summed E-state index contributed by atoms with van der Waals surface area (Å²) in [6, 6.07) is 5.92. The molecule has 1 aromatic carbocycles. The van der Waals surface area contributed by atoms with Crippen LogP contribution in [0.15, 0.2) is 18.2 Å². The molecule has 1 saturated heterocycles. The second-order valence-corrected chi connectivity index (χ2v) is 5.56. The van der Waals surface area contributed by atoms with Gasteiger partial charge >= 0.3 is 0 Å². The number of nitrogens with zero attached hydrogens (tertiary/aromatic N) is 1. The van der Waals surface area contributed by atoms with E-state index in [-0.39, 0.29) is 0 Å². The molecule has 0 aromatic heterocycles. The maximum Gasteiger partial charge on any atom is 0.0909 e. The maximum absolute atomic E-state index is 10.8. The van der Waals surface area contributed by atoms with Crippen molar-refractivity contribution in [2.75, 3.05) is 20.1 Å². The van der Waals surface area contributed by atoms with E-state index in [0.29, 0.717) is 0 Å². The second kappa shape index (κ2) is 4.97. The molecule has 1 aliphatic heterocycles. The molecule has 1 atom stereocenters. The van der Waals surface area contributed by atoms with Crippen molar-refractivity contribution < 1.29 is 5.11 Å². The first-order valence-electron chi connectivity index (χ1n) is 6.19. The topological polar surface area (TPSA) is 23.5 Å². The predicted molar refractivity (Wildman–Crippen MR) is 71.4 cm³/mol. The SMILES string of the molecule is Cc1ccc(C2(O)CCCN(C)CC2)cc1Cl. The molecule has 1 aliphatic rings. The van der Waals surface area contributed by atoms with Gasteiger partial charge < -0.3 is 10.0 Å². The highest BCUT2D eigenvalue weighted by Crippen LogP contribution is 2.34. The van der Waals surface area contributed by atoms with Gasteiger partial charge in [-0.15, -0.1) is 0 Å². The summed E-state index contributed by atoms with van der Waals surface area (Å²) in [6.45, 7) is 3.97. The fourth-order valence-electron chi connectivity index (χ4n) is 2.43. The molecule has 0 spiro atoms. The molecule has 2 nitrogen and oxygen atoms in total. The zero-order valence-electron chi connectivity index (χ0n) is 10.5. The molecule has 1 heterocycles. The molecule has 0 bridgehead atoms. The number of likely N-dealkylation sites (tertiary alicyclic amines) is 1. The van der Waals surface area contributed by atoms with Gasteiger partial charge in [0.25, 0.3) is 0 Å². The molecular weight excluding hydrogens is 234 g/mol. The minimum absolute atomic E-state index is 0.706. The van der Waals surface area contributed by atoms with Crippen LogP contribution in [-0.4, -0.2) is 30.1 Å². The van der Waals surface area contributed by atoms with Crippen LogP contribution in [-0.2, 0) is 5.60 Å². The Hall–Kier alpha value is -0.570. The predicted octanol–water partition coefficient (Wildman–Crippen LogP) is 2.95. The number of aryl methyl sites for hydroxylation is 1. The van der Waals surface area contributed by atoms with Crippen LogP contribution in [0.2, 0.25) is 5.02 Å². The van der Waals surface area contributed by atoms with Crippen LogP contribution in [0.5, 0.6) is 0 Å². The van der Waals surface area contributed by atoms with Gasteiger partial charge in [-0.1, -0.05) is 23.7 Å². The van der Waals surface area contributed by atoms with E-state index in [2.05, 4.69) is 11.9 Å². The summed E-state index contributed by atoms with van der Waals surface area (Å²) in [5.74, 6) is 0. The fraction of sp³-hybridized carbons (Fsp3) is 0.571. The van der Waals surface area contributed by atoms with E-state index in [9.17, 15) is 5.11 Å². The van der Waals surface area contributed by atoms with E-state index in [4.69, 9.17) is 11.6 Å². The summed E-state index contributed by atoms with van der Waals surface area (Å²) in [5.41, 5.74) is 1.32. The normalized spacial score (nSPS) is 26.8. The summed E-state index contributed by atoms with van der Waals surface area (Å²) >= 11 is 6.14. The maximum atomic E-state index is 10.8. The van der Waals surface area contributed by atoms with Gasteiger partial charge in [-0.3, -0.25) is 0 Å². The molecule has 1 aromatic rings. The first-order valence-corrected chi connectivity index (χ1v) is 6.57. The Morgan fingerprint density at radius 1 is 1.29 bits per heavy atom. The van der Waals surface area contributed by atoms with Gasteiger partial charge in [0.2, 0.25) is 0 Å². The molecule has 0 saturated carbocycles. The molecule has 94 valence electrons. The third-order valence-electron chi connectivity index (χ3n) is 3.75. The Bertz CT molecular complexity index is 407. The van der Waals surface area contributed by atoms with E-state index >= 15 is 0 Å². The van der Waals surface area contributed by atoms with E-state index in [1.807, 2.05) is 25.1 Å². The lowest BCUT2D eigenvalue weighted by atomic mass is 9.86. The summed E-state index contributed by atoms with van der Waals surface area (Å²) in [7, 11) is 2.11. The Labute approximate surface area is 108 Å². The highest BCUT2D eigenvalue weighted by atomic mass is 35.5. The molecule has 0 amide bonds. The van der Waals surface area contributed by atoms with Crippen molar-refractivity contribution in [2.45, 2.75) is 31.8 Å². The number of halogens is 1. The molecule has 17 heavy (non-hydrogen) atoms. The minimum atomic E-state index is -0.706. The Morgan fingerprint density at radius 3 is 2.76 bits per heavy atom. The first kappa shape index (κ1) is 12.9. The van der Waals surface area contributed by atoms with Gasteiger partial charge in [-0.05, 0) is 57.0 Å². The summed E-state index contributed by atoms with van der Waals surface area (Å²) in [6.07, 6.45) is 2.62. The lowest BCUT2D eigenvalue weighted by Gasteiger charge is -2.27. The van der Waals surface area contributed by atoms with Crippen LogP contribution in [0, 0.1) is 6.92 Å². The van der Waals surface area contributed by atoms with Crippen LogP contribution >= 0.6 is 11.6 Å². The smallest absolute Gasteiger partial charge is 0.0909 e. The van der Waals surface area contributed by atoms with Crippen molar-refractivity contribution in [3.8, 4) is 0 Å². The van der Waals surface area contributed by atoms with Crippen LogP contribution in [0.4, 0.5) is 0 Å². The van der Waals surface area contributed by atoms with Crippen LogP contribution in [0.25, 0.3) is 0 Å². The summed E-state index contributed by atoms with van der Waals surface area (Å²) in [4.78, 5) is 2.27. The van der Waals surface area contributed by atoms with Crippen molar-refractivity contribution in [3.05, 3.63) is 34.3 Å². The summed E-state index contributed by atoms with van der Waals surface area (Å²) < 4.78 is 0. The first-order chi connectivity index (χ1) is 8.01. The average Bonchev–Trinajstić information content (AvgIpc) is 2.46. The van der Waals surface area contributed by atoms with E-state index < -0.39 is 5.60 Å². The number of hydrogen-bond donors (Lipinski definition) is 1. The van der Waals surface area contributed by atoms with Gasteiger partial charge in [0.05, 0.1) is 5.60 Å². The zero-order chi connectivity index (χ0) is 12.5. The minimum Gasteiger partial charge on any atom is -0.385 e. The van der Waals surface area contributed by atoms with Gasteiger partial charge in [0, 0.05) is 11.6 Å². The molecule has 1 unspecified atom stereocenters. The highest BCUT2D eigenvalue weighted by molar-refractivity contribution is 6.31. The van der Waals surface area contributed by atoms with Crippen molar-refractivity contribution in [3.63, 3.8) is 0 Å². The molecule has 1 fully saturated rings. The molecule has 0 aliphatic carbocycles. The van der Waals surface area contributed by atoms with Crippen LogP contribution in [0.1, 0.15) is 30.4 Å². The molecule has 0 radical (unpaired) electrons. The Morgan fingerprint density at radius 2 is 2.06 bits per heavy atom. The zero-order valence-corrected chi connectivity index (χ0v) is 11.3. The molecule has 3 heteroatoms. The largest absolute Gasteiger partial charge is 0.385 e.